The molecular weight excluding hydrogens is 198 g/mol. The number of aliphatic hydroxyl groups excluding tert-OH is 2. The summed E-state index contributed by atoms with van der Waals surface area (Å²) < 4.78 is 5.33. The highest BCUT2D eigenvalue weighted by atomic mass is 16.5. The third-order valence-electron chi connectivity index (χ3n) is 3.12. The standard InChI is InChI=1S/C10H17NO4/c1-6-2-7(5-15-6)10(14)11-3-8(12)9(13)4-11/h6-9,12-13H,2-5H2,1H3/t6?,7?,8-,9+. The molecule has 2 aliphatic rings. The first-order valence-electron chi connectivity index (χ1n) is 5.34. The molecule has 5 nitrogen and oxygen atoms in total. The van der Waals surface area contributed by atoms with Gasteiger partial charge in [-0.25, -0.2) is 0 Å². The number of carbonyl (C=O) groups excluding carboxylic acids is 1. The third kappa shape index (κ3) is 2.14. The van der Waals surface area contributed by atoms with E-state index in [4.69, 9.17) is 4.74 Å². The maximum absolute atomic E-state index is 11.9. The lowest BCUT2D eigenvalue weighted by Gasteiger charge is -2.18. The average molecular weight is 215 g/mol. The Morgan fingerprint density at radius 3 is 2.40 bits per heavy atom. The van der Waals surface area contributed by atoms with Crippen molar-refractivity contribution in [2.75, 3.05) is 19.7 Å². The molecule has 2 heterocycles. The Hall–Kier alpha value is -0.650. The number of amides is 1. The monoisotopic (exact) mass is 215 g/mol. The molecule has 0 saturated carbocycles. The zero-order valence-corrected chi connectivity index (χ0v) is 8.80. The largest absolute Gasteiger partial charge is 0.388 e. The fourth-order valence-corrected chi connectivity index (χ4v) is 2.20. The van der Waals surface area contributed by atoms with E-state index in [1.165, 1.54) is 4.90 Å². The second-order valence-electron chi connectivity index (χ2n) is 4.45. The molecule has 5 heteroatoms. The summed E-state index contributed by atoms with van der Waals surface area (Å²) in [5.74, 6) is -0.104. The number of carbonyl (C=O) groups is 1. The summed E-state index contributed by atoms with van der Waals surface area (Å²) in [6.45, 7) is 2.89. The lowest BCUT2D eigenvalue weighted by Crippen LogP contribution is -2.35. The average Bonchev–Trinajstić information content (AvgIpc) is 2.74. The van der Waals surface area contributed by atoms with E-state index in [-0.39, 0.29) is 31.0 Å². The second-order valence-corrected chi connectivity index (χ2v) is 4.45. The minimum atomic E-state index is -0.798. The molecule has 2 N–H and O–H groups in total. The first-order chi connectivity index (χ1) is 7.08. The van der Waals surface area contributed by atoms with Gasteiger partial charge in [0.25, 0.3) is 0 Å². The fraction of sp³-hybridized carbons (Fsp3) is 0.900. The molecule has 0 radical (unpaired) electrons. The Balaban J connectivity index is 1.92. The number of aliphatic hydroxyl groups is 2. The number of nitrogens with zero attached hydrogens (tertiary/aromatic N) is 1. The molecular formula is C10H17NO4. The molecule has 0 spiro atoms. The van der Waals surface area contributed by atoms with Gasteiger partial charge >= 0.3 is 0 Å². The first kappa shape index (κ1) is 10.9. The summed E-state index contributed by atoms with van der Waals surface area (Å²) in [5.41, 5.74) is 0. The molecule has 0 bridgehead atoms. The molecule has 2 unspecified atom stereocenters. The lowest BCUT2D eigenvalue weighted by atomic mass is 10.1. The first-order valence-corrected chi connectivity index (χ1v) is 5.34. The van der Waals surface area contributed by atoms with E-state index in [1.807, 2.05) is 6.92 Å². The van der Waals surface area contributed by atoms with Gasteiger partial charge in [-0.15, -0.1) is 0 Å². The highest BCUT2D eigenvalue weighted by Crippen LogP contribution is 2.23. The summed E-state index contributed by atoms with van der Waals surface area (Å²) in [6.07, 6.45) is -0.722. The number of hydrogen-bond donors (Lipinski definition) is 2. The number of hydrogen-bond acceptors (Lipinski definition) is 4. The molecule has 0 aromatic rings. The van der Waals surface area contributed by atoms with Gasteiger partial charge in [-0.3, -0.25) is 4.79 Å². The van der Waals surface area contributed by atoms with E-state index in [1.54, 1.807) is 0 Å². The van der Waals surface area contributed by atoms with Crippen LogP contribution in [-0.4, -0.2) is 59.0 Å². The summed E-state index contributed by atoms with van der Waals surface area (Å²) >= 11 is 0. The molecule has 0 aromatic heterocycles. The molecule has 4 atom stereocenters. The van der Waals surface area contributed by atoms with Crippen LogP contribution in [0.1, 0.15) is 13.3 Å². The van der Waals surface area contributed by atoms with Crippen molar-refractivity contribution in [1.29, 1.82) is 0 Å². The van der Waals surface area contributed by atoms with E-state index in [0.717, 1.165) is 6.42 Å². The van der Waals surface area contributed by atoms with Gasteiger partial charge in [-0.1, -0.05) is 0 Å². The van der Waals surface area contributed by atoms with Gasteiger partial charge in [-0.05, 0) is 13.3 Å². The van der Waals surface area contributed by atoms with Crippen molar-refractivity contribution in [1.82, 2.24) is 4.90 Å². The van der Waals surface area contributed by atoms with Crippen LogP contribution >= 0.6 is 0 Å². The van der Waals surface area contributed by atoms with Crippen molar-refractivity contribution in [3.63, 3.8) is 0 Å². The van der Waals surface area contributed by atoms with Gasteiger partial charge < -0.3 is 19.8 Å². The Kier molecular flexibility index (Phi) is 2.95. The van der Waals surface area contributed by atoms with E-state index in [0.29, 0.717) is 6.61 Å². The second kappa shape index (κ2) is 4.08. The van der Waals surface area contributed by atoms with E-state index < -0.39 is 12.2 Å². The molecule has 2 rings (SSSR count). The predicted molar refractivity (Wildman–Crippen MR) is 52.1 cm³/mol. The van der Waals surface area contributed by atoms with Crippen molar-refractivity contribution in [3.8, 4) is 0 Å². The van der Waals surface area contributed by atoms with Crippen LogP contribution in [0.3, 0.4) is 0 Å². The Morgan fingerprint density at radius 2 is 1.93 bits per heavy atom. The van der Waals surface area contributed by atoms with Gasteiger partial charge in [0.1, 0.15) is 0 Å². The maximum atomic E-state index is 11.9. The van der Waals surface area contributed by atoms with E-state index in [9.17, 15) is 15.0 Å². The topological polar surface area (TPSA) is 70.0 Å². The Labute approximate surface area is 88.6 Å². The number of rotatable bonds is 1. The Bertz CT molecular complexity index is 248. The zero-order chi connectivity index (χ0) is 11.0. The molecule has 2 saturated heterocycles. The molecule has 15 heavy (non-hydrogen) atoms. The highest BCUT2D eigenvalue weighted by molar-refractivity contribution is 5.79. The number of likely N-dealkylation sites (tertiary alicyclic amines) is 1. The van der Waals surface area contributed by atoms with E-state index >= 15 is 0 Å². The van der Waals surface area contributed by atoms with Crippen LogP contribution in [0.25, 0.3) is 0 Å². The number of β-amino-alcohol motifs (C(OH)–C–C–N with tert-alkyl or cyclic N) is 2. The predicted octanol–water partition coefficient (Wildman–Crippen LogP) is -1.02. The van der Waals surface area contributed by atoms with E-state index in [2.05, 4.69) is 0 Å². The van der Waals surface area contributed by atoms with Crippen molar-refractivity contribution in [2.24, 2.45) is 5.92 Å². The van der Waals surface area contributed by atoms with Crippen molar-refractivity contribution >= 4 is 5.91 Å². The van der Waals surface area contributed by atoms with Gasteiger partial charge in [0, 0.05) is 13.1 Å². The van der Waals surface area contributed by atoms with Crippen molar-refractivity contribution < 1.29 is 19.7 Å². The Morgan fingerprint density at radius 1 is 1.33 bits per heavy atom. The minimum absolute atomic E-state index is 0.00468. The van der Waals surface area contributed by atoms with Gasteiger partial charge in [0.2, 0.25) is 5.91 Å². The van der Waals surface area contributed by atoms with Crippen LogP contribution in [0.5, 0.6) is 0 Å². The lowest BCUT2D eigenvalue weighted by molar-refractivity contribution is -0.134. The molecule has 1 amide bonds. The summed E-state index contributed by atoms with van der Waals surface area (Å²) in [7, 11) is 0. The summed E-state index contributed by atoms with van der Waals surface area (Å²) in [5, 5.41) is 18.7. The molecule has 0 aliphatic carbocycles. The normalized spacial score (nSPS) is 41.1. The maximum Gasteiger partial charge on any atom is 0.228 e. The van der Waals surface area contributed by atoms with Crippen molar-refractivity contribution in [3.05, 3.63) is 0 Å². The summed E-state index contributed by atoms with van der Waals surface area (Å²) in [4.78, 5) is 13.4. The highest BCUT2D eigenvalue weighted by Gasteiger charge is 2.37. The molecule has 2 fully saturated rings. The van der Waals surface area contributed by atoms with Gasteiger partial charge in [-0.2, -0.15) is 0 Å². The van der Waals surface area contributed by atoms with Crippen LogP contribution in [0.4, 0.5) is 0 Å². The fourth-order valence-electron chi connectivity index (χ4n) is 2.20. The van der Waals surface area contributed by atoms with Crippen LogP contribution in [0, 0.1) is 5.92 Å². The van der Waals surface area contributed by atoms with Crippen LogP contribution < -0.4 is 0 Å². The quantitative estimate of drug-likeness (QED) is 0.587. The summed E-state index contributed by atoms with van der Waals surface area (Å²) in [6, 6.07) is 0. The van der Waals surface area contributed by atoms with Gasteiger partial charge in [0.15, 0.2) is 0 Å². The molecule has 0 aromatic carbocycles. The molecule has 2 aliphatic heterocycles. The van der Waals surface area contributed by atoms with Crippen LogP contribution in [-0.2, 0) is 9.53 Å². The van der Waals surface area contributed by atoms with Crippen LogP contribution in [0.15, 0.2) is 0 Å². The minimum Gasteiger partial charge on any atom is -0.388 e. The van der Waals surface area contributed by atoms with Crippen molar-refractivity contribution in [2.45, 2.75) is 31.7 Å². The smallest absolute Gasteiger partial charge is 0.228 e. The molecule has 86 valence electrons. The number of ether oxygens (including phenoxy) is 1. The SMILES string of the molecule is CC1CC(C(=O)N2C[C@@H](O)[C@@H](O)C2)CO1. The van der Waals surface area contributed by atoms with Gasteiger partial charge in [0.05, 0.1) is 30.8 Å². The third-order valence-corrected chi connectivity index (χ3v) is 3.12. The zero-order valence-electron chi connectivity index (χ0n) is 8.80. The van der Waals surface area contributed by atoms with Crippen LogP contribution in [0.2, 0.25) is 0 Å².